The molecule has 1 heterocycles. The second kappa shape index (κ2) is 6.70. The third-order valence-corrected chi connectivity index (χ3v) is 2.63. The van der Waals surface area contributed by atoms with Gasteiger partial charge < -0.3 is 9.47 Å². The smallest absolute Gasteiger partial charge is 0.302 e. The predicted molar refractivity (Wildman–Crippen MR) is 73.3 cm³/mol. The first-order chi connectivity index (χ1) is 9.69. The van der Waals surface area contributed by atoms with E-state index in [1.165, 1.54) is 6.92 Å². The zero-order valence-corrected chi connectivity index (χ0v) is 11.6. The quantitative estimate of drug-likeness (QED) is 0.595. The van der Waals surface area contributed by atoms with Crippen molar-refractivity contribution in [3.8, 4) is 17.0 Å². The molecule has 0 aliphatic rings. The van der Waals surface area contributed by atoms with Gasteiger partial charge in [-0.05, 0) is 31.2 Å². The number of carbonyl (C=O) groups excluding carboxylic acids is 1. The Morgan fingerprint density at radius 1 is 1.25 bits per heavy atom. The Hall–Kier alpha value is -2.37. The van der Waals surface area contributed by atoms with Gasteiger partial charge in [0.2, 0.25) is 0 Å². The van der Waals surface area contributed by atoms with Crippen molar-refractivity contribution >= 4 is 5.97 Å². The first-order valence-corrected chi connectivity index (χ1v) is 6.45. The fraction of sp³-hybridized carbons (Fsp3) is 0.357. The van der Waals surface area contributed by atoms with E-state index in [2.05, 4.69) is 10.2 Å². The Kier molecular flexibility index (Phi) is 4.70. The number of carbonyl (C=O) groups is 1. The Labute approximate surface area is 117 Å². The number of esters is 1. The highest BCUT2D eigenvalue weighted by atomic mass is 16.6. The maximum atomic E-state index is 10.6. The molecule has 106 valence electrons. The zero-order valence-electron chi connectivity index (χ0n) is 11.6. The maximum absolute atomic E-state index is 10.6. The van der Waals surface area contributed by atoms with Crippen molar-refractivity contribution in [3.63, 3.8) is 0 Å². The standard InChI is InChI=1S/C14H17N3O3/c1-3-17-15-10-14(16-17)12-4-6-13(7-5-12)20-9-8-19-11(2)18/h4-7,10H,3,8-9H2,1-2H3. The molecule has 0 bridgehead atoms. The van der Waals surface area contributed by atoms with Gasteiger partial charge in [0.15, 0.2) is 0 Å². The van der Waals surface area contributed by atoms with Crippen LogP contribution in [0.3, 0.4) is 0 Å². The highest BCUT2D eigenvalue weighted by Crippen LogP contribution is 2.20. The van der Waals surface area contributed by atoms with Crippen LogP contribution in [0.25, 0.3) is 11.3 Å². The van der Waals surface area contributed by atoms with Crippen molar-refractivity contribution in [2.24, 2.45) is 0 Å². The van der Waals surface area contributed by atoms with Crippen LogP contribution in [0.15, 0.2) is 30.5 Å². The molecule has 0 aliphatic heterocycles. The summed E-state index contributed by atoms with van der Waals surface area (Å²) in [4.78, 5) is 12.2. The van der Waals surface area contributed by atoms with Gasteiger partial charge in [0.05, 0.1) is 12.7 Å². The van der Waals surface area contributed by atoms with Crippen LogP contribution in [0.2, 0.25) is 0 Å². The average molecular weight is 275 g/mol. The highest BCUT2D eigenvalue weighted by Gasteiger charge is 2.03. The normalized spacial score (nSPS) is 10.3. The molecule has 0 spiro atoms. The summed E-state index contributed by atoms with van der Waals surface area (Å²) in [5.74, 6) is 0.423. The number of nitrogens with zero attached hydrogens (tertiary/aromatic N) is 3. The first kappa shape index (κ1) is 14.0. The van der Waals surface area contributed by atoms with E-state index in [0.717, 1.165) is 23.6 Å². The van der Waals surface area contributed by atoms with Crippen LogP contribution >= 0.6 is 0 Å². The summed E-state index contributed by atoms with van der Waals surface area (Å²) >= 11 is 0. The van der Waals surface area contributed by atoms with Gasteiger partial charge >= 0.3 is 5.97 Å². The summed E-state index contributed by atoms with van der Waals surface area (Å²) < 4.78 is 10.2. The Morgan fingerprint density at radius 2 is 2.00 bits per heavy atom. The van der Waals surface area contributed by atoms with E-state index in [0.29, 0.717) is 6.61 Å². The minimum atomic E-state index is -0.303. The molecule has 0 saturated heterocycles. The lowest BCUT2D eigenvalue weighted by molar-refractivity contribution is -0.141. The summed E-state index contributed by atoms with van der Waals surface area (Å²) in [6.07, 6.45) is 1.74. The molecule has 6 nitrogen and oxygen atoms in total. The van der Waals surface area contributed by atoms with E-state index in [1.54, 1.807) is 11.0 Å². The third kappa shape index (κ3) is 3.81. The maximum Gasteiger partial charge on any atom is 0.302 e. The molecule has 20 heavy (non-hydrogen) atoms. The van der Waals surface area contributed by atoms with E-state index in [4.69, 9.17) is 9.47 Å². The van der Waals surface area contributed by atoms with Crippen LogP contribution < -0.4 is 4.74 Å². The molecule has 2 aromatic rings. The molecule has 6 heteroatoms. The van der Waals surface area contributed by atoms with Gasteiger partial charge in [-0.25, -0.2) is 0 Å². The summed E-state index contributed by atoms with van der Waals surface area (Å²) in [6, 6.07) is 7.55. The molecular formula is C14H17N3O3. The van der Waals surface area contributed by atoms with E-state index in [1.807, 2.05) is 31.2 Å². The molecule has 0 fully saturated rings. The number of ether oxygens (including phenoxy) is 2. The summed E-state index contributed by atoms with van der Waals surface area (Å²) in [5.41, 5.74) is 1.82. The van der Waals surface area contributed by atoms with Crippen LogP contribution in [-0.4, -0.2) is 34.2 Å². The topological polar surface area (TPSA) is 66.2 Å². The van der Waals surface area contributed by atoms with Crippen LogP contribution in [-0.2, 0) is 16.1 Å². The van der Waals surface area contributed by atoms with Crippen molar-refractivity contribution in [2.75, 3.05) is 13.2 Å². The van der Waals surface area contributed by atoms with Crippen molar-refractivity contribution in [1.29, 1.82) is 0 Å². The van der Waals surface area contributed by atoms with Crippen LogP contribution in [0.4, 0.5) is 0 Å². The second-order valence-electron chi connectivity index (χ2n) is 4.13. The van der Waals surface area contributed by atoms with E-state index in [-0.39, 0.29) is 12.6 Å². The SMILES string of the molecule is CCn1ncc(-c2ccc(OCCOC(C)=O)cc2)n1. The number of hydrogen-bond donors (Lipinski definition) is 0. The monoisotopic (exact) mass is 275 g/mol. The van der Waals surface area contributed by atoms with Crippen molar-refractivity contribution in [1.82, 2.24) is 15.0 Å². The van der Waals surface area contributed by atoms with Gasteiger partial charge in [0.25, 0.3) is 0 Å². The van der Waals surface area contributed by atoms with Crippen molar-refractivity contribution < 1.29 is 14.3 Å². The average Bonchev–Trinajstić information content (AvgIpc) is 2.93. The molecule has 0 amide bonds. The van der Waals surface area contributed by atoms with Crippen LogP contribution in [0.5, 0.6) is 5.75 Å². The van der Waals surface area contributed by atoms with E-state index < -0.39 is 0 Å². The number of aryl methyl sites for hydroxylation is 1. The Morgan fingerprint density at radius 3 is 2.60 bits per heavy atom. The fourth-order valence-electron chi connectivity index (χ4n) is 1.65. The van der Waals surface area contributed by atoms with E-state index in [9.17, 15) is 4.79 Å². The molecule has 1 aromatic carbocycles. The highest BCUT2D eigenvalue weighted by molar-refractivity contribution is 5.65. The largest absolute Gasteiger partial charge is 0.490 e. The number of hydrogen-bond acceptors (Lipinski definition) is 5. The molecule has 0 atom stereocenters. The summed E-state index contributed by atoms with van der Waals surface area (Å²) in [5, 5.41) is 8.47. The van der Waals surface area contributed by atoms with Crippen LogP contribution in [0, 0.1) is 0 Å². The number of aromatic nitrogens is 3. The van der Waals surface area contributed by atoms with Gasteiger partial charge in [-0.15, -0.1) is 0 Å². The molecular weight excluding hydrogens is 258 g/mol. The molecule has 0 saturated carbocycles. The molecule has 0 aliphatic carbocycles. The van der Waals surface area contributed by atoms with Gasteiger partial charge in [0.1, 0.15) is 24.7 Å². The van der Waals surface area contributed by atoms with Crippen molar-refractivity contribution in [2.45, 2.75) is 20.4 Å². The van der Waals surface area contributed by atoms with E-state index >= 15 is 0 Å². The molecule has 2 rings (SSSR count). The number of benzene rings is 1. The lowest BCUT2D eigenvalue weighted by atomic mass is 10.2. The molecule has 1 aromatic heterocycles. The van der Waals surface area contributed by atoms with Crippen LogP contribution in [0.1, 0.15) is 13.8 Å². The molecule has 0 unspecified atom stereocenters. The minimum absolute atomic E-state index is 0.252. The Bertz CT molecular complexity index is 563. The second-order valence-corrected chi connectivity index (χ2v) is 4.13. The summed E-state index contributed by atoms with van der Waals surface area (Å²) in [7, 11) is 0. The fourth-order valence-corrected chi connectivity index (χ4v) is 1.65. The van der Waals surface area contributed by atoms with Gasteiger partial charge in [-0.3, -0.25) is 4.79 Å². The Balaban J connectivity index is 1.91. The zero-order chi connectivity index (χ0) is 14.4. The van der Waals surface area contributed by atoms with Gasteiger partial charge in [-0.1, -0.05) is 0 Å². The molecule has 0 radical (unpaired) electrons. The van der Waals surface area contributed by atoms with Gasteiger partial charge in [-0.2, -0.15) is 15.0 Å². The minimum Gasteiger partial charge on any atom is -0.490 e. The summed E-state index contributed by atoms with van der Waals surface area (Å²) in [6.45, 7) is 4.70. The van der Waals surface area contributed by atoms with Gasteiger partial charge in [0, 0.05) is 12.5 Å². The third-order valence-electron chi connectivity index (χ3n) is 2.63. The van der Waals surface area contributed by atoms with Crippen molar-refractivity contribution in [3.05, 3.63) is 30.5 Å². The lowest BCUT2D eigenvalue weighted by Crippen LogP contribution is -2.09. The number of rotatable bonds is 6. The first-order valence-electron chi connectivity index (χ1n) is 6.45. The lowest BCUT2D eigenvalue weighted by Gasteiger charge is -2.06. The predicted octanol–water partition coefficient (Wildman–Crippen LogP) is 1.91. The molecule has 0 N–H and O–H groups in total.